The van der Waals surface area contributed by atoms with Crippen LogP contribution < -0.4 is 4.74 Å². The van der Waals surface area contributed by atoms with Crippen molar-refractivity contribution in [2.24, 2.45) is 0 Å². The van der Waals surface area contributed by atoms with E-state index in [1.807, 2.05) is 38.1 Å². The summed E-state index contributed by atoms with van der Waals surface area (Å²) >= 11 is 0. The van der Waals surface area contributed by atoms with Crippen molar-refractivity contribution in [2.45, 2.75) is 51.9 Å². The molecule has 0 spiro atoms. The van der Waals surface area contributed by atoms with E-state index in [-0.39, 0.29) is 12.2 Å². The lowest BCUT2D eigenvalue weighted by atomic mass is 10.00. The van der Waals surface area contributed by atoms with Crippen LogP contribution in [0.3, 0.4) is 0 Å². The van der Waals surface area contributed by atoms with E-state index in [0.717, 1.165) is 24.2 Å². The van der Waals surface area contributed by atoms with Crippen LogP contribution in [0.25, 0.3) is 0 Å². The van der Waals surface area contributed by atoms with Crippen LogP contribution >= 0.6 is 0 Å². The number of aliphatic hydroxyl groups excluding tert-OH is 1. The van der Waals surface area contributed by atoms with E-state index >= 15 is 0 Å². The van der Waals surface area contributed by atoms with Crippen molar-refractivity contribution >= 4 is 0 Å². The second-order valence-electron chi connectivity index (χ2n) is 4.71. The highest BCUT2D eigenvalue weighted by atomic mass is 16.5. The van der Waals surface area contributed by atoms with Gasteiger partial charge in [0.25, 0.3) is 0 Å². The van der Waals surface area contributed by atoms with Gasteiger partial charge in [-0.15, -0.1) is 0 Å². The van der Waals surface area contributed by atoms with Crippen molar-refractivity contribution in [2.75, 3.05) is 7.11 Å². The third kappa shape index (κ3) is 4.00. The monoisotopic (exact) mass is 252 g/mol. The number of methoxy groups -OCH3 is 1. The maximum atomic E-state index is 10.4. The number of ether oxygens (including phenoxy) is 2. The summed E-state index contributed by atoms with van der Waals surface area (Å²) in [5.41, 5.74) is 0.798. The zero-order valence-corrected chi connectivity index (χ0v) is 11.7. The Kier molecular flexibility index (Phi) is 6.16. The summed E-state index contributed by atoms with van der Waals surface area (Å²) < 4.78 is 11.1. The quantitative estimate of drug-likeness (QED) is 0.809. The van der Waals surface area contributed by atoms with Crippen LogP contribution in [0.15, 0.2) is 24.3 Å². The first-order valence-electron chi connectivity index (χ1n) is 6.56. The van der Waals surface area contributed by atoms with E-state index in [1.165, 1.54) is 0 Å². The van der Waals surface area contributed by atoms with Crippen molar-refractivity contribution in [1.29, 1.82) is 0 Å². The number of aliphatic hydroxyl groups is 1. The van der Waals surface area contributed by atoms with Gasteiger partial charge >= 0.3 is 0 Å². The third-order valence-electron chi connectivity index (χ3n) is 2.83. The molecule has 1 aromatic carbocycles. The highest BCUT2D eigenvalue weighted by Crippen LogP contribution is 2.30. The minimum Gasteiger partial charge on any atom is -0.491 e. The van der Waals surface area contributed by atoms with Gasteiger partial charge in [0.05, 0.1) is 12.2 Å². The van der Waals surface area contributed by atoms with Crippen molar-refractivity contribution in [3.05, 3.63) is 29.8 Å². The molecule has 0 saturated carbocycles. The average Bonchev–Trinajstić information content (AvgIpc) is 2.35. The molecule has 0 aliphatic heterocycles. The first-order valence-corrected chi connectivity index (χ1v) is 6.56. The fourth-order valence-electron chi connectivity index (χ4n) is 1.98. The standard InChI is InChI=1S/C15H24O3/c1-5-8-14(17-4)15(16)12-9-6-7-10-13(12)18-11(2)3/h6-7,9-11,14-16H,5,8H2,1-4H3. The summed E-state index contributed by atoms with van der Waals surface area (Å²) in [7, 11) is 1.63. The number of hydrogen-bond donors (Lipinski definition) is 1. The van der Waals surface area contributed by atoms with Crippen LogP contribution in [0.4, 0.5) is 0 Å². The first kappa shape index (κ1) is 15.0. The summed E-state index contributed by atoms with van der Waals surface area (Å²) in [5.74, 6) is 0.734. The highest BCUT2D eigenvalue weighted by molar-refractivity contribution is 5.35. The van der Waals surface area contributed by atoms with Gasteiger partial charge in [-0.3, -0.25) is 0 Å². The molecule has 3 nitrogen and oxygen atoms in total. The number of para-hydroxylation sites is 1. The maximum absolute atomic E-state index is 10.4. The smallest absolute Gasteiger partial charge is 0.125 e. The molecule has 0 amide bonds. The van der Waals surface area contributed by atoms with E-state index in [2.05, 4.69) is 6.92 Å². The average molecular weight is 252 g/mol. The molecule has 0 aliphatic rings. The largest absolute Gasteiger partial charge is 0.491 e. The summed E-state index contributed by atoms with van der Waals surface area (Å²) in [6.07, 6.45) is 1.05. The molecular weight excluding hydrogens is 228 g/mol. The molecule has 3 heteroatoms. The van der Waals surface area contributed by atoms with Gasteiger partial charge in [-0.25, -0.2) is 0 Å². The van der Waals surface area contributed by atoms with Crippen LogP contribution in [-0.2, 0) is 4.74 Å². The van der Waals surface area contributed by atoms with Gasteiger partial charge in [0.1, 0.15) is 11.9 Å². The van der Waals surface area contributed by atoms with Gasteiger partial charge in [0.15, 0.2) is 0 Å². The number of benzene rings is 1. The fraction of sp³-hybridized carbons (Fsp3) is 0.600. The van der Waals surface area contributed by atoms with E-state index in [1.54, 1.807) is 7.11 Å². The van der Waals surface area contributed by atoms with Crippen LogP contribution in [-0.4, -0.2) is 24.4 Å². The zero-order valence-electron chi connectivity index (χ0n) is 11.7. The third-order valence-corrected chi connectivity index (χ3v) is 2.83. The second-order valence-corrected chi connectivity index (χ2v) is 4.71. The van der Waals surface area contributed by atoms with Crippen LogP contribution in [0.1, 0.15) is 45.3 Å². The first-order chi connectivity index (χ1) is 8.60. The number of rotatable bonds is 7. The van der Waals surface area contributed by atoms with E-state index in [9.17, 15) is 5.11 Å². The Labute approximate surface area is 110 Å². The molecular formula is C15H24O3. The topological polar surface area (TPSA) is 38.7 Å². The van der Waals surface area contributed by atoms with Crippen molar-refractivity contribution in [3.8, 4) is 5.75 Å². The van der Waals surface area contributed by atoms with Crippen molar-refractivity contribution in [3.63, 3.8) is 0 Å². The molecule has 0 aromatic heterocycles. The molecule has 18 heavy (non-hydrogen) atoms. The summed E-state index contributed by atoms with van der Waals surface area (Å²) in [4.78, 5) is 0. The van der Waals surface area contributed by atoms with Crippen LogP contribution in [0, 0.1) is 0 Å². The molecule has 1 rings (SSSR count). The van der Waals surface area contributed by atoms with E-state index < -0.39 is 6.10 Å². The lowest BCUT2D eigenvalue weighted by molar-refractivity contribution is -0.0194. The van der Waals surface area contributed by atoms with Gasteiger partial charge < -0.3 is 14.6 Å². The molecule has 0 heterocycles. The van der Waals surface area contributed by atoms with Crippen molar-refractivity contribution in [1.82, 2.24) is 0 Å². The minimum absolute atomic E-state index is 0.0884. The molecule has 0 radical (unpaired) electrons. The molecule has 2 atom stereocenters. The lowest BCUT2D eigenvalue weighted by Gasteiger charge is -2.24. The Morgan fingerprint density at radius 1 is 1.22 bits per heavy atom. The Morgan fingerprint density at radius 2 is 1.89 bits per heavy atom. The van der Waals surface area contributed by atoms with Gasteiger partial charge in [0, 0.05) is 12.7 Å². The Hall–Kier alpha value is -1.06. The molecule has 0 saturated heterocycles. The van der Waals surface area contributed by atoms with Gasteiger partial charge in [-0.2, -0.15) is 0 Å². The Morgan fingerprint density at radius 3 is 2.44 bits per heavy atom. The molecule has 0 fully saturated rings. The predicted octanol–water partition coefficient (Wildman–Crippen LogP) is 3.32. The van der Waals surface area contributed by atoms with Crippen molar-refractivity contribution < 1.29 is 14.6 Å². The minimum atomic E-state index is -0.648. The van der Waals surface area contributed by atoms with Crippen LogP contribution in [0.2, 0.25) is 0 Å². The molecule has 2 unspecified atom stereocenters. The van der Waals surface area contributed by atoms with Crippen LogP contribution in [0.5, 0.6) is 5.75 Å². The number of hydrogen-bond acceptors (Lipinski definition) is 3. The highest BCUT2D eigenvalue weighted by Gasteiger charge is 2.23. The summed E-state index contributed by atoms with van der Waals surface area (Å²) in [5, 5.41) is 10.4. The molecule has 0 bridgehead atoms. The molecule has 1 aromatic rings. The predicted molar refractivity (Wildman–Crippen MR) is 72.9 cm³/mol. The van der Waals surface area contributed by atoms with Gasteiger partial charge in [0.2, 0.25) is 0 Å². The second kappa shape index (κ2) is 7.39. The van der Waals surface area contributed by atoms with E-state index in [0.29, 0.717) is 0 Å². The maximum Gasteiger partial charge on any atom is 0.125 e. The molecule has 0 aliphatic carbocycles. The Bertz CT molecular complexity index is 349. The normalized spacial score (nSPS) is 14.6. The fourth-order valence-corrected chi connectivity index (χ4v) is 1.98. The van der Waals surface area contributed by atoms with Gasteiger partial charge in [-0.05, 0) is 26.3 Å². The lowest BCUT2D eigenvalue weighted by Crippen LogP contribution is -2.22. The summed E-state index contributed by atoms with van der Waals surface area (Å²) in [6.45, 7) is 6.03. The molecule has 102 valence electrons. The zero-order chi connectivity index (χ0) is 13.5. The Balaban J connectivity index is 2.92. The molecule has 1 N–H and O–H groups in total. The van der Waals surface area contributed by atoms with E-state index in [4.69, 9.17) is 9.47 Å². The van der Waals surface area contributed by atoms with Gasteiger partial charge in [-0.1, -0.05) is 31.5 Å². The summed E-state index contributed by atoms with van der Waals surface area (Å²) in [6, 6.07) is 7.60. The SMILES string of the molecule is CCCC(OC)C(O)c1ccccc1OC(C)C.